The fourth-order valence-corrected chi connectivity index (χ4v) is 4.04. The Morgan fingerprint density at radius 3 is 2.39 bits per heavy atom. The molecule has 0 aliphatic carbocycles. The van der Waals surface area contributed by atoms with Gasteiger partial charge in [-0.3, -0.25) is 9.59 Å². The lowest BCUT2D eigenvalue weighted by Gasteiger charge is -2.27. The molecule has 0 fully saturated rings. The van der Waals surface area contributed by atoms with Crippen LogP contribution in [-0.4, -0.2) is 40.3 Å². The molecule has 1 heterocycles. The van der Waals surface area contributed by atoms with Gasteiger partial charge < -0.3 is 20.1 Å². The summed E-state index contributed by atoms with van der Waals surface area (Å²) in [6.07, 6.45) is 1.06. The molecule has 0 radical (unpaired) electrons. The van der Waals surface area contributed by atoms with Gasteiger partial charge in [0.1, 0.15) is 23.4 Å². The molecule has 3 aromatic carbocycles. The van der Waals surface area contributed by atoms with Crippen LogP contribution in [0.4, 0.5) is 4.39 Å². The lowest BCUT2D eigenvalue weighted by Crippen LogP contribution is -2.51. The molecule has 0 bridgehead atoms. The number of nitrogens with zero attached hydrogens (tertiary/aromatic N) is 2. The van der Waals surface area contributed by atoms with E-state index in [1.165, 1.54) is 12.1 Å². The van der Waals surface area contributed by atoms with Crippen molar-refractivity contribution in [3.05, 3.63) is 84.3 Å². The third-order valence-electron chi connectivity index (χ3n) is 5.80. The van der Waals surface area contributed by atoms with Crippen LogP contribution in [0.5, 0.6) is 11.5 Å². The second kappa shape index (κ2) is 10.9. The molecule has 1 aromatic heterocycles. The first-order chi connectivity index (χ1) is 18.0. The molecule has 2 atom stereocenters. The molecule has 2 unspecified atom stereocenters. The third kappa shape index (κ3) is 6.29. The first-order valence-electron chi connectivity index (χ1n) is 12.2. The molecule has 0 saturated carbocycles. The van der Waals surface area contributed by atoms with Gasteiger partial charge in [-0.15, -0.1) is 0 Å². The van der Waals surface area contributed by atoms with Crippen LogP contribution in [0.15, 0.2) is 72.9 Å². The van der Waals surface area contributed by atoms with E-state index in [4.69, 9.17) is 9.47 Å². The molecule has 4 aromatic rings. The van der Waals surface area contributed by atoms with Crippen molar-refractivity contribution in [3.63, 3.8) is 0 Å². The maximum Gasteiger partial charge on any atom is 0.309 e. The van der Waals surface area contributed by atoms with Crippen molar-refractivity contribution in [1.82, 2.24) is 20.4 Å². The number of fused-ring (bicyclic) bond motifs is 1. The summed E-state index contributed by atoms with van der Waals surface area (Å²) in [6, 6.07) is 18.4. The number of benzene rings is 3. The number of ether oxygens (including phenoxy) is 2. The number of aromatic nitrogens is 2. The minimum absolute atomic E-state index is 0.318. The molecule has 198 valence electrons. The molecule has 2 N–H and O–H groups in total. The fourth-order valence-electron chi connectivity index (χ4n) is 4.04. The molecular formula is C29H31FN4O4. The van der Waals surface area contributed by atoms with Crippen LogP contribution in [0, 0.1) is 5.82 Å². The van der Waals surface area contributed by atoms with Gasteiger partial charge in [-0.2, -0.15) is 5.10 Å². The van der Waals surface area contributed by atoms with Crippen molar-refractivity contribution >= 4 is 22.7 Å². The molecule has 0 spiro atoms. The number of nitrogens with one attached hydrogen (secondary N) is 2. The minimum Gasteiger partial charge on any atom is -0.497 e. The number of methoxy groups -OCH3 is 1. The highest BCUT2D eigenvalue weighted by molar-refractivity contribution is 6.35. The first-order valence-corrected chi connectivity index (χ1v) is 12.2. The van der Waals surface area contributed by atoms with E-state index in [2.05, 4.69) is 15.7 Å². The van der Waals surface area contributed by atoms with Crippen molar-refractivity contribution in [1.29, 1.82) is 0 Å². The van der Waals surface area contributed by atoms with Gasteiger partial charge in [0.05, 0.1) is 30.6 Å². The lowest BCUT2D eigenvalue weighted by atomic mass is 10.0. The molecule has 38 heavy (non-hydrogen) atoms. The summed E-state index contributed by atoms with van der Waals surface area (Å²) in [6.45, 7) is 7.19. The molecule has 0 aliphatic heterocycles. The summed E-state index contributed by atoms with van der Waals surface area (Å²) >= 11 is 0. The van der Waals surface area contributed by atoms with Crippen LogP contribution < -0.4 is 20.1 Å². The Bertz CT molecular complexity index is 1440. The Labute approximate surface area is 220 Å². The topological polar surface area (TPSA) is 94.5 Å². The molecule has 8 nitrogen and oxygen atoms in total. The largest absolute Gasteiger partial charge is 0.497 e. The van der Waals surface area contributed by atoms with E-state index in [1.807, 2.05) is 36.4 Å². The first kappa shape index (κ1) is 26.7. The molecule has 9 heteroatoms. The highest BCUT2D eigenvalue weighted by Crippen LogP contribution is 2.30. The van der Waals surface area contributed by atoms with E-state index in [0.29, 0.717) is 11.5 Å². The van der Waals surface area contributed by atoms with Crippen LogP contribution in [0.25, 0.3) is 16.6 Å². The lowest BCUT2D eigenvalue weighted by molar-refractivity contribution is -0.140. The molecule has 0 aliphatic rings. The number of rotatable bonds is 7. The maximum atomic E-state index is 13.4. The van der Waals surface area contributed by atoms with Crippen molar-refractivity contribution in [3.8, 4) is 17.2 Å². The summed E-state index contributed by atoms with van der Waals surface area (Å²) < 4.78 is 26.9. The second-order valence-corrected chi connectivity index (χ2v) is 10.0. The zero-order valence-electron chi connectivity index (χ0n) is 22.0. The van der Waals surface area contributed by atoms with Crippen LogP contribution in [0.2, 0.25) is 0 Å². The predicted molar refractivity (Wildman–Crippen MR) is 143 cm³/mol. The normalized spacial score (nSPS) is 13.0. The van der Waals surface area contributed by atoms with Crippen molar-refractivity contribution in [2.75, 3.05) is 7.11 Å². The fraction of sp³-hybridized carbons (Fsp3) is 0.276. The summed E-state index contributed by atoms with van der Waals surface area (Å²) in [5.41, 5.74) is 1.76. The van der Waals surface area contributed by atoms with Crippen molar-refractivity contribution < 1.29 is 23.5 Å². The van der Waals surface area contributed by atoms with Crippen molar-refractivity contribution in [2.45, 2.75) is 45.4 Å². The van der Waals surface area contributed by atoms with Gasteiger partial charge in [-0.1, -0.05) is 12.1 Å². The van der Waals surface area contributed by atoms with E-state index in [-0.39, 0.29) is 5.82 Å². The number of halogens is 1. The second-order valence-electron chi connectivity index (χ2n) is 10.0. The van der Waals surface area contributed by atoms with Crippen molar-refractivity contribution in [2.24, 2.45) is 0 Å². The highest BCUT2D eigenvalue weighted by atomic mass is 19.1. The van der Waals surface area contributed by atoms with Gasteiger partial charge >= 0.3 is 11.8 Å². The zero-order valence-corrected chi connectivity index (χ0v) is 22.0. The molecule has 4 rings (SSSR count). The minimum atomic E-state index is -0.750. The monoisotopic (exact) mass is 518 g/mol. The van der Waals surface area contributed by atoms with E-state index in [9.17, 15) is 14.0 Å². The Morgan fingerprint density at radius 1 is 0.974 bits per heavy atom. The van der Waals surface area contributed by atoms with Crippen LogP contribution in [0.1, 0.15) is 39.4 Å². The highest BCUT2D eigenvalue weighted by Gasteiger charge is 2.28. The van der Waals surface area contributed by atoms with Crippen LogP contribution in [-0.2, 0) is 9.59 Å². The van der Waals surface area contributed by atoms with Gasteiger partial charge in [0.25, 0.3) is 0 Å². The summed E-state index contributed by atoms with van der Waals surface area (Å²) in [5.74, 6) is -0.606. The van der Waals surface area contributed by atoms with Gasteiger partial charge in [0, 0.05) is 10.9 Å². The van der Waals surface area contributed by atoms with E-state index in [1.54, 1.807) is 63.9 Å². The summed E-state index contributed by atoms with van der Waals surface area (Å²) in [4.78, 5) is 25.0. The van der Waals surface area contributed by atoms with E-state index >= 15 is 0 Å². The third-order valence-corrected chi connectivity index (χ3v) is 5.80. The average molecular weight is 519 g/mol. The number of carbonyl (C=O) groups excluding carboxylic acids is 2. The Hall–Kier alpha value is -4.40. The van der Waals surface area contributed by atoms with Gasteiger partial charge in [-0.05, 0) is 87.9 Å². The SMILES string of the molecule is COc1cccc(C(Oc2ccc3c(cnn3-c3ccc(F)cc3)c2)C(C)NC(=O)C(=O)NC(C)(C)C)c1. The quantitative estimate of drug-likeness (QED) is 0.346. The summed E-state index contributed by atoms with van der Waals surface area (Å²) in [7, 11) is 1.57. The predicted octanol–water partition coefficient (Wildman–Crippen LogP) is 4.71. The molecule has 0 saturated heterocycles. The van der Waals surface area contributed by atoms with Crippen LogP contribution in [0.3, 0.4) is 0 Å². The zero-order chi connectivity index (χ0) is 27.4. The van der Waals surface area contributed by atoms with E-state index < -0.39 is 29.5 Å². The number of hydrogen-bond donors (Lipinski definition) is 2. The van der Waals surface area contributed by atoms with E-state index in [0.717, 1.165) is 22.2 Å². The Balaban J connectivity index is 1.61. The van der Waals surface area contributed by atoms with Crippen LogP contribution >= 0.6 is 0 Å². The maximum absolute atomic E-state index is 13.4. The molecular weight excluding hydrogens is 487 g/mol. The van der Waals surface area contributed by atoms with Gasteiger partial charge in [0.15, 0.2) is 0 Å². The number of carbonyl (C=O) groups is 2. The summed E-state index contributed by atoms with van der Waals surface area (Å²) in [5, 5.41) is 10.7. The standard InChI is InChI=1S/C29H31FN4O4/c1-18(32-27(35)28(36)33-29(2,3)4)26(19-7-6-8-23(15-19)37-5)38-24-13-14-25-20(16-24)17-31-34(25)22-11-9-21(30)10-12-22/h6-18,26H,1-5H3,(H,32,35)(H,33,36). The number of amides is 2. The number of hydrogen-bond acceptors (Lipinski definition) is 5. The Kier molecular flexibility index (Phi) is 7.66. The van der Waals surface area contributed by atoms with Gasteiger partial charge in [0.2, 0.25) is 0 Å². The molecule has 2 amide bonds. The average Bonchev–Trinajstić information content (AvgIpc) is 3.30. The smallest absolute Gasteiger partial charge is 0.309 e. The Morgan fingerprint density at radius 2 is 1.71 bits per heavy atom. The van der Waals surface area contributed by atoms with Gasteiger partial charge in [-0.25, -0.2) is 9.07 Å².